The van der Waals surface area contributed by atoms with Crippen molar-refractivity contribution in [3.05, 3.63) is 36.5 Å². The Balaban J connectivity index is 4.24. The van der Waals surface area contributed by atoms with Gasteiger partial charge in [0.25, 0.3) is 0 Å². The summed E-state index contributed by atoms with van der Waals surface area (Å²) >= 11 is 0. The van der Waals surface area contributed by atoms with Crippen molar-refractivity contribution in [1.29, 1.82) is 0 Å². The quantitative estimate of drug-likeness (QED) is 0.0261. The molecule has 0 saturated heterocycles. The molecule has 0 aromatic carbocycles. The van der Waals surface area contributed by atoms with Crippen LogP contribution in [0, 0.1) is 0 Å². The van der Waals surface area contributed by atoms with Crippen molar-refractivity contribution >= 4 is 17.9 Å². The van der Waals surface area contributed by atoms with Gasteiger partial charge in [0.2, 0.25) is 0 Å². The van der Waals surface area contributed by atoms with Gasteiger partial charge in [-0.25, -0.2) is 0 Å². The lowest BCUT2D eigenvalue weighted by molar-refractivity contribution is -0.167. The number of rotatable bonds is 58. The van der Waals surface area contributed by atoms with Gasteiger partial charge >= 0.3 is 17.9 Å². The third-order valence-corrected chi connectivity index (χ3v) is 14.1. The zero-order chi connectivity index (χ0) is 51.4. The molecule has 6 heteroatoms. The van der Waals surface area contributed by atoms with Gasteiger partial charge in [-0.1, -0.05) is 263 Å². The van der Waals surface area contributed by atoms with Crippen LogP contribution < -0.4 is 0 Å². The van der Waals surface area contributed by atoms with E-state index in [1.54, 1.807) is 0 Å². The first-order valence-corrected chi connectivity index (χ1v) is 31.5. The minimum atomic E-state index is -0.778. The molecule has 0 aliphatic rings. The Morgan fingerprint density at radius 3 is 0.704 bits per heavy atom. The van der Waals surface area contributed by atoms with Crippen LogP contribution in [0.25, 0.3) is 0 Å². The van der Waals surface area contributed by atoms with Gasteiger partial charge in [-0.15, -0.1) is 0 Å². The maximum Gasteiger partial charge on any atom is 0.306 e. The van der Waals surface area contributed by atoms with E-state index in [9.17, 15) is 14.4 Å². The summed E-state index contributed by atoms with van der Waals surface area (Å²) in [5, 5.41) is 0. The predicted octanol–water partition coefficient (Wildman–Crippen LogP) is 21.2. The average Bonchev–Trinajstić information content (AvgIpc) is 3.37. The van der Waals surface area contributed by atoms with E-state index in [1.807, 2.05) is 0 Å². The molecule has 0 N–H and O–H groups in total. The predicted molar refractivity (Wildman–Crippen MR) is 307 cm³/mol. The first-order chi connectivity index (χ1) is 35.0. The van der Waals surface area contributed by atoms with E-state index in [0.29, 0.717) is 19.3 Å². The number of carbonyl (C=O) groups is 3. The number of allylic oxidation sites excluding steroid dienone is 6. The number of esters is 3. The summed E-state index contributed by atoms with van der Waals surface area (Å²) in [5.74, 6) is -0.874. The molecule has 0 saturated carbocycles. The summed E-state index contributed by atoms with van der Waals surface area (Å²) in [4.78, 5) is 38.2. The summed E-state index contributed by atoms with van der Waals surface area (Å²) in [5.41, 5.74) is 0. The van der Waals surface area contributed by atoms with Crippen molar-refractivity contribution in [1.82, 2.24) is 0 Å². The zero-order valence-corrected chi connectivity index (χ0v) is 47.8. The van der Waals surface area contributed by atoms with Crippen molar-refractivity contribution in [2.45, 2.75) is 348 Å². The molecule has 0 rings (SSSR count). The average molecular weight is 998 g/mol. The minimum Gasteiger partial charge on any atom is -0.462 e. The van der Waals surface area contributed by atoms with Crippen molar-refractivity contribution in [3.8, 4) is 0 Å². The number of unbranched alkanes of at least 4 members (excludes halogenated alkanes) is 41. The fourth-order valence-electron chi connectivity index (χ4n) is 9.31. The SMILES string of the molecule is CCCCCCC/C=C\CCCCCCCC(=O)OCC(COC(=O)CCCCCCCCCCCCCCC/C=C\CCCCCCCCCC)OC(=O)CCCCCCC/C=C\CCCCCCC. The van der Waals surface area contributed by atoms with Crippen molar-refractivity contribution in [3.63, 3.8) is 0 Å². The highest BCUT2D eigenvalue weighted by Crippen LogP contribution is 2.17. The highest BCUT2D eigenvalue weighted by molar-refractivity contribution is 5.71. The number of hydrogen-bond acceptors (Lipinski definition) is 6. The molecule has 0 aliphatic heterocycles. The molecule has 0 amide bonds. The topological polar surface area (TPSA) is 78.9 Å². The largest absolute Gasteiger partial charge is 0.462 e. The summed E-state index contributed by atoms with van der Waals surface area (Å²) in [7, 11) is 0. The zero-order valence-electron chi connectivity index (χ0n) is 47.8. The molecular weight excluding hydrogens is 877 g/mol. The minimum absolute atomic E-state index is 0.0752. The van der Waals surface area contributed by atoms with E-state index < -0.39 is 6.10 Å². The number of carbonyl (C=O) groups excluding carboxylic acids is 3. The highest BCUT2D eigenvalue weighted by atomic mass is 16.6. The van der Waals surface area contributed by atoms with Crippen LogP contribution in [0.1, 0.15) is 342 Å². The smallest absolute Gasteiger partial charge is 0.306 e. The van der Waals surface area contributed by atoms with Crippen LogP contribution in [-0.2, 0) is 28.6 Å². The lowest BCUT2D eigenvalue weighted by atomic mass is 10.0. The molecule has 0 fully saturated rings. The van der Waals surface area contributed by atoms with Crippen LogP contribution in [0.2, 0.25) is 0 Å². The Morgan fingerprint density at radius 2 is 0.465 bits per heavy atom. The summed E-state index contributed by atoms with van der Waals surface area (Å²) in [6.45, 7) is 6.65. The van der Waals surface area contributed by atoms with Gasteiger partial charge < -0.3 is 14.2 Å². The third kappa shape index (κ3) is 58.4. The molecule has 0 bridgehead atoms. The fourth-order valence-corrected chi connectivity index (χ4v) is 9.31. The third-order valence-electron chi connectivity index (χ3n) is 14.1. The van der Waals surface area contributed by atoms with E-state index in [0.717, 1.165) is 70.6 Å². The Bertz CT molecular complexity index is 1190. The van der Waals surface area contributed by atoms with E-state index >= 15 is 0 Å². The van der Waals surface area contributed by atoms with Gasteiger partial charge in [-0.3, -0.25) is 14.4 Å². The van der Waals surface area contributed by atoms with Crippen molar-refractivity contribution in [2.24, 2.45) is 0 Å². The number of hydrogen-bond donors (Lipinski definition) is 0. The van der Waals surface area contributed by atoms with Crippen LogP contribution in [0.5, 0.6) is 0 Å². The van der Waals surface area contributed by atoms with Crippen LogP contribution >= 0.6 is 0 Å². The maximum atomic E-state index is 12.9. The van der Waals surface area contributed by atoms with Gasteiger partial charge in [0, 0.05) is 19.3 Å². The monoisotopic (exact) mass is 997 g/mol. The lowest BCUT2D eigenvalue weighted by Crippen LogP contribution is -2.30. The summed E-state index contributed by atoms with van der Waals surface area (Å²) < 4.78 is 16.9. The molecule has 0 aromatic heterocycles. The second-order valence-corrected chi connectivity index (χ2v) is 21.3. The molecule has 0 radical (unpaired) electrons. The van der Waals surface area contributed by atoms with Gasteiger partial charge in [-0.2, -0.15) is 0 Å². The van der Waals surface area contributed by atoms with Crippen LogP contribution in [0.4, 0.5) is 0 Å². The molecular formula is C65H120O6. The molecule has 0 aromatic rings. The molecule has 1 unspecified atom stereocenters. The van der Waals surface area contributed by atoms with Gasteiger partial charge in [0.1, 0.15) is 13.2 Å². The first-order valence-electron chi connectivity index (χ1n) is 31.5. The molecule has 6 nitrogen and oxygen atoms in total. The highest BCUT2D eigenvalue weighted by Gasteiger charge is 2.19. The Hall–Kier alpha value is -2.37. The lowest BCUT2D eigenvalue weighted by Gasteiger charge is -2.18. The van der Waals surface area contributed by atoms with Crippen LogP contribution in [0.3, 0.4) is 0 Å². The Kier molecular flexibility index (Phi) is 58.2. The Morgan fingerprint density at radius 1 is 0.268 bits per heavy atom. The summed E-state index contributed by atoms with van der Waals surface area (Å²) in [6, 6.07) is 0. The van der Waals surface area contributed by atoms with E-state index in [1.165, 1.54) is 231 Å². The maximum absolute atomic E-state index is 12.9. The van der Waals surface area contributed by atoms with Crippen LogP contribution in [0.15, 0.2) is 36.5 Å². The number of ether oxygens (including phenoxy) is 3. The molecule has 1 atom stereocenters. The molecule has 71 heavy (non-hydrogen) atoms. The van der Waals surface area contributed by atoms with Gasteiger partial charge in [-0.05, 0) is 96.3 Å². The summed E-state index contributed by atoms with van der Waals surface area (Å²) in [6.07, 6.45) is 73.0. The van der Waals surface area contributed by atoms with Crippen molar-refractivity contribution < 1.29 is 28.6 Å². The van der Waals surface area contributed by atoms with Gasteiger partial charge in [0.05, 0.1) is 0 Å². The van der Waals surface area contributed by atoms with E-state index in [4.69, 9.17) is 14.2 Å². The van der Waals surface area contributed by atoms with Crippen molar-refractivity contribution in [2.75, 3.05) is 13.2 Å². The molecule has 416 valence electrons. The van der Waals surface area contributed by atoms with E-state index in [2.05, 4.69) is 57.2 Å². The molecule has 0 aliphatic carbocycles. The second-order valence-electron chi connectivity index (χ2n) is 21.3. The molecule has 0 spiro atoms. The fraction of sp³-hybridized carbons (Fsp3) is 0.862. The first kappa shape index (κ1) is 68.6. The van der Waals surface area contributed by atoms with Crippen LogP contribution in [-0.4, -0.2) is 37.2 Å². The standard InChI is InChI=1S/C65H120O6/c1-4-7-10-13-16-19-22-25-28-29-30-31-32-33-34-35-36-37-38-41-43-46-49-52-55-58-64(67)70-61-62(71-65(68)59-56-53-50-47-44-40-27-24-21-18-15-12-9-6-3)60-69-63(66)57-54-51-48-45-42-39-26-23-20-17-14-11-8-5-2/h23-24,26-27,29-30,62H,4-22,25,28,31-61H2,1-3H3/b26-23-,27-24-,30-29-. The van der Waals surface area contributed by atoms with Gasteiger partial charge in [0.15, 0.2) is 6.10 Å². The molecule has 0 heterocycles. The second kappa shape index (κ2) is 60.2. The normalized spacial score (nSPS) is 12.2. The Labute approximate surface area is 442 Å². The van der Waals surface area contributed by atoms with E-state index in [-0.39, 0.29) is 31.1 Å².